The Morgan fingerprint density at radius 1 is 1.09 bits per heavy atom. The van der Waals surface area contributed by atoms with Gasteiger partial charge in [0.25, 0.3) is 5.91 Å². The van der Waals surface area contributed by atoms with E-state index in [1.165, 1.54) is 0 Å². The van der Waals surface area contributed by atoms with Gasteiger partial charge in [0.1, 0.15) is 17.3 Å². The number of nitrogens with two attached hydrogens (primary N) is 2. The van der Waals surface area contributed by atoms with Crippen molar-refractivity contribution in [1.29, 1.82) is 5.41 Å². The third kappa shape index (κ3) is 6.78. The van der Waals surface area contributed by atoms with Crippen LogP contribution in [0.3, 0.4) is 0 Å². The van der Waals surface area contributed by atoms with E-state index in [0.29, 0.717) is 27.7 Å². The number of hydrogen-bond donors (Lipinski definition) is 4. The number of halogens is 1. The third-order valence-electron chi connectivity index (χ3n) is 7.82. The first-order chi connectivity index (χ1) is 21.4. The predicted molar refractivity (Wildman–Crippen MR) is 183 cm³/mol. The van der Waals surface area contributed by atoms with Crippen LogP contribution in [0.2, 0.25) is 5.02 Å². The zero-order valence-electron chi connectivity index (χ0n) is 25.4. The quantitative estimate of drug-likeness (QED) is 0.0750. The van der Waals surface area contributed by atoms with E-state index in [1.54, 1.807) is 90.7 Å². The summed E-state index contributed by atoms with van der Waals surface area (Å²) < 4.78 is 5.83. The average molecular weight is 643 g/mol. The molecule has 1 aromatic heterocycles. The molecule has 2 heterocycles. The van der Waals surface area contributed by atoms with E-state index < -0.39 is 24.3 Å². The number of carbonyl (C=O) groups excluding carboxylic acids is 2. The van der Waals surface area contributed by atoms with Crippen LogP contribution in [0, 0.1) is 19.3 Å². The molecule has 0 bridgehead atoms. The number of nitrogens with zero attached hydrogens (tertiary/aromatic N) is 2. The highest BCUT2D eigenvalue weighted by molar-refractivity contribution is 7.17. The topological polar surface area (TPSA) is 147 Å². The minimum Gasteiger partial charge on any atom is -0.458 e. The molecule has 45 heavy (non-hydrogen) atoms. The lowest BCUT2D eigenvalue weighted by Crippen LogP contribution is -2.51. The molecule has 0 radical (unpaired) electrons. The minimum absolute atomic E-state index is 0.0989. The summed E-state index contributed by atoms with van der Waals surface area (Å²) in [6.07, 6.45) is -1.46. The number of fused-ring (bicyclic) bond motifs is 1. The Morgan fingerprint density at radius 3 is 2.40 bits per heavy atom. The maximum absolute atomic E-state index is 13.3. The summed E-state index contributed by atoms with van der Waals surface area (Å²) in [6.45, 7) is 7.51. The van der Waals surface area contributed by atoms with Gasteiger partial charge in [0.15, 0.2) is 0 Å². The summed E-state index contributed by atoms with van der Waals surface area (Å²) >= 11 is 7.74. The van der Waals surface area contributed by atoms with Gasteiger partial charge in [-0.2, -0.15) is 0 Å². The molecule has 232 valence electrons. The molecule has 3 aromatic carbocycles. The van der Waals surface area contributed by atoms with Crippen molar-refractivity contribution in [2.75, 3.05) is 16.0 Å². The number of nitrogen functional groups attached to an aromatic ring is 1. The van der Waals surface area contributed by atoms with Gasteiger partial charge in [-0.15, -0.1) is 11.3 Å². The first-order valence-corrected chi connectivity index (χ1v) is 15.6. The largest absolute Gasteiger partial charge is 0.458 e. The number of carbonyl (C=O) groups is 2. The second-order valence-corrected chi connectivity index (χ2v) is 12.6. The van der Waals surface area contributed by atoms with Gasteiger partial charge < -0.3 is 26.4 Å². The number of rotatable bonds is 7. The van der Waals surface area contributed by atoms with Crippen LogP contribution in [0.25, 0.3) is 0 Å². The van der Waals surface area contributed by atoms with Crippen molar-refractivity contribution in [3.05, 3.63) is 111 Å². The highest BCUT2D eigenvalue weighted by Crippen LogP contribution is 2.41. The molecule has 1 aliphatic rings. The van der Waals surface area contributed by atoms with Gasteiger partial charge in [0, 0.05) is 26.6 Å². The van der Waals surface area contributed by atoms with Gasteiger partial charge in [-0.05, 0) is 75.2 Å². The fourth-order valence-corrected chi connectivity index (χ4v) is 6.62. The van der Waals surface area contributed by atoms with Gasteiger partial charge in [-0.1, -0.05) is 48.0 Å². The number of nitrogens with one attached hydrogen (secondary N) is 2. The number of esters is 1. The van der Waals surface area contributed by atoms with Crippen molar-refractivity contribution in [3.8, 4) is 0 Å². The monoisotopic (exact) mass is 642 g/mol. The number of para-hydroxylation sites is 2. The fourth-order valence-electron chi connectivity index (χ4n) is 5.24. The summed E-state index contributed by atoms with van der Waals surface area (Å²) in [7, 11) is 0. The van der Waals surface area contributed by atoms with E-state index in [2.05, 4.69) is 5.32 Å². The van der Waals surface area contributed by atoms with Gasteiger partial charge in [-0.25, -0.2) is 0 Å². The third-order valence-corrected chi connectivity index (χ3v) is 9.28. The summed E-state index contributed by atoms with van der Waals surface area (Å²) in [6, 6.07) is 20.6. The van der Waals surface area contributed by atoms with E-state index >= 15 is 0 Å². The van der Waals surface area contributed by atoms with Crippen LogP contribution in [0.5, 0.6) is 0 Å². The number of benzene rings is 3. The van der Waals surface area contributed by atoms with E-state index in [0.717, 1.165) is 32.1 Å². The number of anilines is 3. The maximum atomic E-state index is 13.3. The van der Waals surface area contributed by atoms with Crippen molar-refractivity contribution >= 4 is 62.7 Å². The molecule has 1 aliphatic heterocycles. The summed E-state index contributed by atoms with van der Waals surface area (Å²) in [4.78, 5) is 34.0. The first-order valence-electron chi connectivity index (χ1n) is 14.4. The Bertz CT molecular complexity index is 1780. The van der Waals surface area contributed by atoms with E-state index in [1.807, 2.05) is 26.0 Å². The lowest BCUT2D eigenvalue weighted by atomic mass is 9.99. The SMILES string of the molecule is CC(=N)N1c2sc(C)c(C)c2C(c2ccc(Cl)cc2)=N[C@@H](CC(=O)OC(C)c2ccc(C(=O)Nc3ccccc3N)cc2)C1N. The van der Waals surface area contributed by atoms with Crippen LogP contribution in [0.15, 0.2) is 77.8 Å². The molecule has 0 saturated carbocycles. The molecule has 0 fully saturated rings. The zero-order chi connectivity index (χ0) is 32.4. The summed E-state index contributed by atoms with van der Waals surface area (Å²) in [5.41, 5.74) is 18.3. The number of amides is 1. The van der Waals surface area contributed by atoms with Gasteiger partial charge >= 0.3 is 5.97 Å². The highest BCUT2D eigenvalue weighted by Gasteiger charge is 2.36. The van der Waals surface area contributed by atoms with Crippen LogP contribution in [-0.2, 0) is 9.53 Å². The molecule has 6 N–H and O–H groups in total. The van der Waals surface area contributed by atoms with E-state index in [9.17, 15) is 9.59 Å². The number of ether oxygens (including phenoxy) is 1. The second kappa shape index (κ2) is 13.2. The highest BCUT2D eigenvalue weighted by atomic mass is 35.5. The number of amidine groups is 1. The standard InChI is InChI=1S/C34H35ClN6O3S/c1-18-20(3)45-34-30(18)31(23-13-15-25(35)16-14-23)39-28(32(38)41(34)21(4)36)17-29(42)44-19(2)22-9-11-24(12-10-22)33(43)40-27-8-6-5-7-26(27)37/h5-16,19,28,32,36H,17,37-38H2,1-4H3,(H,40,43)/t19?,28-,32?/m0/s1. The van der Waals surface area contributed by atoms with E-state index in [-0.39, 0.29) is 18.2 Å². The van der Waals surface area contributed by atoms with Gasteiger partial charge in [-0.3, -0.25) is 20.0 Å². The van der Waals surface area contributed by atoms with Crippen molar-refractivity contribution in [1.82, 2.24) is 0 Å². The van der Waals surface area contributed by atoms with Crippen LogP contribution < -0.4 is 21.7 Å². The molecular weight excluding hydrogens is 608 g/mol. The van der Waals surface area contributed by atoms with E-state index in [4.69, 9.17) is 38.2 Å². The van der Waals surface area contributed by atoms with Crippen molar-refractivity contribution in [3.63, 3.8) is 0 Å². The Balaban J connectivity index is 1.36. The molecule has 11 heteroatoms. The zero-order valence-corrected chi connectivity index (χ0v) is 27.0. The summed E-state index contributed by atoms with van der Waals surface area (Å²) in [5, 5.41) is 12.8. The van der Waals surface area contributed by atoms with Crippen LogP contribution in [-0.4, -0.2) is 35.6 Å². The molecule has 9 nitrogen and oxygen atoms in total. The number of thiophene rings is 1. The van der Waals surface area contributed by atoms with Crippen molar-refractivity contribution < 1.29 is 14.3 Å². The molecule has 0 saturated heterocycles. The molecule has 5 rings (SSSR count). The van der Waals surface area contributed by atoms with Crippen molar-refractivity contribution in [2.45, 2.75) is 52.4 Å². The molecule has 0 aliphatic carbocycles. The molecule has 0 spiro atoms. The average Bonchev–Trinajstić information content (AvgIpc) is 3.22. The Labute approximate surface area is 271 Å². The number of aliphatic imine (C=N–C) groups is 1. The second-order valence-electron chi connectivity index (χ2n) is 11.0. The maximum Gasteiger partial charge on any atom is 0.308 e. The Morgan fingerprint density at radius 2 is 1.76 bits per heavy atom. The lowest BCUT2D eigenvalue weighted by molar-refractivity contribution is -0.149. The lowest BCUT2D eigenvalue weighted by Gasteiger charge is -2.31. The molecule has 1 amide bonds. The molecule has 2 unspecified atom stereocenters. The predicted octanol–water partition coefficient (Wildman–Crippen LogP) is 6.86. The number of hydrogen-bond acceptors (Lipinski definition) is 8. The van der Waals surface area contributed by atoms with Crippen molar-refractivity contribution in [2.24, 2.45) is 10.7 Å². The normalized spacial score (nSPS) is 16.7. The van der Waals surface area contributed by atoms with Gasteiger partial charge in [0.2, 0.25) is 0 Å². The smallest absolute Gasteiger partial charge is 0.308 e. The van der Waals surface area contributed by atoms with Crippen LogP contribution in [0.1, 0.15) is 63.9 Å². The summed E-state index contributed by atoms with van der Waals surface area (Å²) in [5.74, 6) is -0.529. The Kier molecular flexibility index (Phi) is 9.38. The molecular formula is C34H35ClN6O3S. The van der Waals surface area contributed by atoms with Crippen LogP contribution in [0.4, 0.5) is 16.4 Å². The first kappa shape index (κ1) is 31.9. The van der Waals surface area contributed by atoms with Gasteiger partial charge in [0.05, 0.1) is 35.4 Å². The minimum atomic E-state index is -0.775. The van der Waals surface area contributed by atoms with Crippen LogP contribution >= 0.6 is 22.9 Å². The molecule has 3 atom stereocenters. The fraction of sp³-hybridized carbons (Fsp3) is 0.235. The molecule has 4 aromatic rings. The Hall–Kier alpha value is -4.51. The number of aryl methyl sites for hydroxylation is 1.